The highest BCUT2D eigenvalue weighted by Gasteiger charge is 2.15. The molecule has 0 atom stereocenters. The molecule has 3 aromatic rings. The summed E-state index contributed by atoms with van der Waals surface area (Å²) >= 11 is 0. The summed E-state index contributed by atoms with van der Waals surface area (Å²) in [5.41, 5.74) is 1.64. The van der Waals surface area contributed by atoms with Crippen LogP contribution in [0.15, 0.2) is 42.5 Å². The number of carbonyl (C=O) groups excluding carboxylic acids is 1. The zero-order chi connectivity index (χ0) is 18.8. The van der Waals surface area contributed by atoms with Gasteiger partial charge in [-0.3, -0.25) is 4.79 Å². The Morgan fingerprint density at radius 2 is 1.85 bits per heavy atom. The summed E-state index contributed by atoms with van der Waals surface area (Å²) in [4.78, 5) is 22.9. The molecule has 0 fully saturated rings. The molecule has 1 heterocycles. The minimum absolute atomic E-state index is 0.0689. The van der Waals surface area contributed by atoms with Crippen molar-refractivity contribution in [2.75, 3.05) is 24.3 Å². The number of nitrogens with zero attached hydrogens (tertiary/aromatic N) is 3. The molecule has 0 saturated carbocycles. The van der Waals surface area contributed by atoms with Gasteiger partial charge in [-0.05, 0) is 30.3 Å². The fraction of sp³-hybridized carbons (Fsp3) is 0.250. The van der Waals surface area contributed by atoms with E-state index in [4.69, 9.17) is 0 Å². The first kappa shape index (κ1) is 17.8. The Balaban J connectivity index is 2.16. The van der Waals surface area contributed by atoms with Gasteiger partial charge in [0.1, 0.15) is 11.6 Å². The van der Waals surface area contributed by atoms with Gasteiger partial charge in [0.2, 0.25) is 5.91 Å². The van der Waals surface area contributed by atoms with Gasteiger partial charge in [-0.2, -0.15) is 0 Å². The summed E-state index contributed by atoms with van der Waals surface area (Å²) in [6.07, 6.45) is 0. The van der Waals surface area contributed by atoms with Gasteiger partial charge >= 0.3 is 0 Å². The summed E-state index contributed by atoms with van der Waals surface area (Å²) in [5, 5.41) is 3.70. The van der Waals surface area contributed by atoms with Crippen molar-refractivity contribution in [1.82, 2.24) is 9.97 Å². The Kier molecular flexibility index (Phi) is 4.84. The summed E-state index contributed by atoms with van der Waals surface area (Å²) in [5.74, 6) is 0.436. The maximum atomic E-state index is 14.2. The third-order valence-corrected chi connectivity index (χ3v) is 4.01. The average Bonchev–Trinajstić information content (AvgIpc) is 2.60. The molecule has 0 radical (unpaired) electrons. The summed E-state index contributed by atoms with van der Waals surface area (Å²) in [6, 6.07) is 11.9. The van der Waals surface area contributed by atoms with Crippen molar-refractivity contribution in [3.05, 3.63) is 48.3 Å². The van der Waals surface area contributed by atoms with Crippen molar-refractivity contribution in [2.45, 2.75) is 13.8 Å². The second-order valence-corrected chi connectivity index (χ2v) is 6.62. The highest BCUT2D eigenvalue weighted by atomic mass is 19.1. The fourth-order valence-electron chi connectivity index (χ4n) is 2.58. The van der Waals surface area contributed by atoms with E-state index in [1.807, 2.05) is 45.0 Å². The maximum absolute atomic E-state index is 14.2. The van der Waals surface area contributed by atoms with Gasteiger partial charge in [-0.15, -0.1) is 0 Å². The monoisotopic (exact) mass is 352 g/mol. The standard InChI is InChI=1S/C20H21FN4O/c1-12(2)20(26)22-13-9-10-15-17(11-13)23-18(24-19(15)25(3)4)14-7-5-6-8-16(14)21/h5-12H,1-4H3,(H,22,26). The molecule has 1 N–H and O–H groups in total. The first-order chi connectivity index (χ1) is 12.4. The zero-order valence-electron chi connectivity index (χ0n) is 15.2. The SMILES string of the molecule is CC(C)C(=O)Nc1ccc2c(N(C)C)nc(-c3ccccc3F)nc2c1. The van der Waals surface area contributed by atoms with E-state index in [-0.39, 0.29) is 17.6 Å². The Bertz CT molecular complexity index is 969. The predicted molar refractivity (Wildman–Crippen MR) is 103 cm³/mol. The van der Waals surface area contributed by atoms with E-state index in [1.54, 1.807) is 24.3 Å². The van der Waals surface area contributed by atoms with Crippen LogP contribution in [0.2, 0.25) is 0 Å². The first-order valence-electron chi connectivity index (χ1n) is 8.41. The number of nitrogens with one attached hydrogen (secondary N) is 1. The first-order valence-corrected chi connectivity index (χ1v) is 8.41. The predicted octanol–water partition coefficient (Wildman–Crippen LogP) is 4.10. The number of halogens is 1. The Morgan fingerprint density at radius 1 is 1.12 bits per heavy atom. The maximum Gasteiger partial charge on any atom is 0.226 e. The molecular formula is C20H21FN4O. The van der Waals surface area contributed by atoms with Crippen LogP contribution in [0.25, 0.3) is 22.3 Å². The number of anilines is 2. The molecule has 0 unspecified atom stereocenters. The minimum Gasteiger partial charge on any atom is -0.362 e. The second kappa shape index (κ2) is 7.07. The molecule has 2 aromatic carbocycles. The molecule has 0 saturated heterocycles. The second-order valence-electron chi connectivity index (χ2n) is 6.62. The largest absolute Gasteiger partial charge is 0.362 e. The molecule has 0 aliphatic carbocycles. The molecule has 0 aliphatic heterocycles. The highest BCUT2D eigenvalue weighted by molar-refractivity contribution is 5.97. The molecule has 3 rings (SSSR count). The van der Waals surface area contributed by atoms with Gasteiger partial charge in [-0.25, -0.2) is 14.4 Å². The van der Waals surface area contributed by atoms with Crippen LogP contribution in [0.5, 0.6) is 0 Å². The van der Waals surface area contributed by atoms with E-state index >= 15 is 0 Å². The molecule has 0 spiro atoms. The van der Waals surface area contributed by atoms with Crippen LogP contribution in [0.4, 0.5) is 15.9 Å². The van der Waals surface area contributed by atoms with Gasteiger partial charge in [0.15, 0.2) is 5.82 Å². The normalized spacial score (nSPS) is 11.0. The van der Waals surface area contributed by atoms with E-state index in [0.717, 1.165) is 5.39 Å². The van der Waals surface area contributed by atoms with Crippen LogP contribution < -0.4 is 10.2 Å². The number of hydrogen-bond acceptors (Lipinski definition) is 4. The number of rotatable bonds is 4. The van der Waals surface area contributed by atoms with Crippen molar-refractivity contribution in [3.63, 3.8) is 0 Å². The topological polar surface area (TPSA) is 58.1 Å². The fourth-order valence-corrected chi connectivity index (χ4v) is 2.58. The van der Waals surface area contributed by atoms with E-state index in [9.17, 15) is 9.18 Å². The Labute approximate surface area is 151 Å². The Morgan fingerprint density at radius 3 is 2.50 bits per heavy atom. The van der Waals surface area contributed by atoms with Gasteiger partial charge in [0.05, 0.1) is 11.1 Å². The lowest BCUT2D eigenvalue weighted by atomic mass is 10.1. The van der Waals surface area contributed by atoms with Gasteiger partial charge < -0.3 is 10.2 Å². The van der Waals surface area contributed by atoms with Crippen molar-refractivity contribution in [3.8, 4) is 11.4 Å². The lowest BCUT2D eigenvalue weighted by Crippen LogP contribution is -2.17. The minimum atomic E-state index is -0.374. The molecule has 1 amide bonds. The lowest BCUT2D eigenvalue weighted by molar-refractivity contribution is -0.118. The third-order valence-electron chi connectivity index (χ3n) is 4.01. The average molecular weight is 352 g/mol. The van der Waals surface area contributed by atoms with Crippen LogP contribution in [-0.2, 0) is 4.79 Å². The molecule has 5 nitrogen and oxygen atoms in total. The lowest BCUT2D eigenvalue weighted by Gasteiger charge is -2.16. The number of carbonyl (C=O) groups is 1. The van der Waals surface area contributed by atoms with Crippen LogP contribution in [0.3, 0.4) is 0 Å². The summed E-state index contributed by atoms with van der Waals surface area (Å²) < 4.78 is 14.2. The number of amides is 1. The van der Waals surface area contributed by atoms with E-state index in [0.29, 0.717) is 28.4 Å². The molecule has 1 aromatic heterocycles. The van der Waals surface area contributed by atoms with Crippen LogP contribution in [-0.4, -0.2) is 30.0 Å². The van der Waals surface area contributed by atoms with E-state index in [1.165, 1.54) is 6.07 Å². The third kappa shape index (κ3) is 3.49. The quantitative estimate of drug-likeness (QED) is 0.768. The summed E-state index contributed by atoms with van der Waals surface area (Å²) in [7, 11) is 3.75. The van der Waals surface area contributed by atoms with Crippen molar-refractivity contribution in [1.29, 1.82) is 0 Å². The van der Waals surface area contributed by atoms with Gasteiger partial charge in [0.25, 0.3) is 0 Å². The molecule has 0 aliphatic rings. The molecule has 134 valence electrons. The van der Waals surface area contributed by atoms with Crippen LogP contribution in [0, 0.1) is 11.7 Å². The number of aromatic nitrogens is 2. The molecule has 26 heavy (non-hydrogen) atoms. The van der Waals surface area contributed by atoms with Crippen LogP contribution in [0.1, 0.15) is 13.8 Å². The molecule has 6 heteroatoms. The van der Waals surface area contributed by atoms with Crippen molar-refractivity contribution in [2.24, 2.45) is 5.92 Å². The number of benzene rings is 2. The molecular weight excluding hydrogens is 331 g/mol. The Hall–Kier alpha value is -3.02. The number of fused-ring (bicyclic) bond motifs is 1. The molecule has 0 bridgehead atoms. The van der Waals surface area contributed by atoms with E-state index < -0.39 is 0 Å². The highest BCUT2D eigenvalue weighted by Crippen LogP contribution is 2.29. The van der Waals surface area contributed by atoms with Crippen molar-refractivity contribution < 1.29 is 9.18 Å². The van der Waals surface area contributed by atoms with Gasteiger partial charge in [0, 0.05) is 31.1 Å². The zero-order valence-corrected chi connectivity index (χ0v) is 15.2. The van der Waals surface area contributed by atoms with Crippen molar-refractivity contribution >= 4 is 28.3 Å². The van der Waals surface area contributed by atoms with E-state index in [2.05, 4.69) is 15.3 Å². The summed E-state index contributed by atoms with van der Waals surface area (Å²) in [6.45, 7) is 3.66. The van der Waals surface area contributed by atoms with Gasteiger partial charge in [-0.1, -0.05) is 26.0 Å². The smallest absolute Gasteiger partial charge is 0.226 e. The number of hydrogen-bond donors (Lipinski definition) is 1. The van der Waals surface area contributed by atoms with Crippen LogP contribution >= 0.6 is 0 Å².